The van der Waals surface area contributed by atoms with Crippen molar-refractivity contribution in [2.45, 2.75) is 88.0 Å². The first-order valence-electron chi connectivity index (χ1n) is 14.1. The van der Waals surface area contributed by atoms with Crippen molar-refractivity contribution in [3.63, 3.8) is 0 Å². The van der Waals surface area contributed by atoms with Gasteiger partial charge in [-0.15, -0.1) is 5.06 Å². The molecule has 0 radical (unpaired) electrons. The molecular formula is C28H36N4O8S. The van der Waals surface area contributed by atoms with E-state index in [0.29, 0.717) is 41.0 Å². The number of hydrogen-bond donors (Lipinski definition) is 3. The third-order valence-electron chi connectivity index (χ3n) is 7.16. The van der Waals surface area contributed by atoms with Gasteiger partial charge in [-0.25, -0.2) is 9.59 Å². The number of esters is 1. The van der Waals surface area contributed by atoms with Crippen molar-refractivity contribution >= 4 is 47.5 Å². The summed E-state index contributed by atoms with van der Waals surface area (Å²) in [6.07, 6.45) is 5.61. The van der Waals surface area contributed by atoms with Gasteiger partial charge in [0.2, 0.25) is 5.91 Å². The van der Waals surface area contributed by atoms with E-state index in [1.807, 2.05) is 11.8 Å². The quantitative estimate of drug-likeness (QED) is 0.0917. The summed E-state index contributed by atoms with van der Waals surface area (Å²) in [5.74, 6) is -0.844. The third-order valence-corrected chi connectivity index (χ3v) is 8.67. The van der Waals surface area contributed by atoms with Crippen molar-refractivity contribution in [1.82, 2.24) is 21.0 Å². The first-order valence-corrected chi connectivity index (χ1v) is 15.1. The molecule has 12 nitrogen and oxygen atoms in total. The summed E-state index contributed by atoms with van der Waals surface area (Å²) in [6, 6.07) is 6.69. The second-order valence-corrected chi connectivity index (χ2v) is 11.6. The number of hydrogen-bond acceptors (Lipinski definition) is 9. The molecular weight excluding hydrogens is 552 g/mol. The zero-order valence-corrected chi connectivity index (χ0v) is 23.7. The zero-order valence-electron chi connectivity index (χ0n) is 22.9. The smallest absolute Gasteiger partial charge is 0.337 e. The van der Waals surface area contributed by atoms with Crippen LogP contribution < -0.4 is 20.7 Å². The maximum absolute atomic E-state index is 12.1. The molecule has 13 heteroatoms. The number of carbonyl (C=O) groups is 6. The van der Waals surface area contributed by atoms with Crippen molar-refractivity contribution in [3.8, 4) is 5.75 Å². The molecule has 3 heterocycles. The Hall–Kier alpha value is -3.61. The lowest BCUT2D eigenvalue weighted by Crippen LogP contribution is -2.36. The number of carbonyl (C=O) groups excluding carboxylic acids is 6. The largest absolute Gasteiger partial charge is 0.427 e. The van der Waals surface area contributed by atoms with Gasteiger partial charge >= 0.3 is 18.0 Å². The normalized spacial score (nSPS) is 21.3. The van der Waals surface area contributed by atoms with E-state index in [2.05, 4.69) is 16.0 Å². The SMILES string of the molecule is O=C(CCCCC1SCC2NC(=O)NC21)NCCCCCC(=O)Oc1ccc(CC(=O)ON2C(=O)CCC2=O)cc1. The molecule has 5 amide bonds. The summed E-state index contributed by atoms with van der Waals surface area (Å²) < 4.78 is 5.33. The second kappa shape index (κ2) is 14.9. The molecule has 3 atom stereocenters. The van der Waals surface area contributed by atoms with Crippen LogP contribution in [0, 0.1) is 0 Å². The lowest BCUT2D eigenvalue weighted by molar-refractivity contribution is -0.197. The van der Waals surface area contributed by atoms with Crippen LogP contribution in [-0.2, 0) is 35.2 Å². The Balaban J connectivity index is 0.996. The molecule has 0 bridgehead atoms. The van der Waals surface area contributed by atoms with E-state index in [1.165, 1.54) is 0 Å². The maximum atomic E-state index is 12.1. The fraction of sp³-hybridized carbons (Fsp3) is 0.571. The molecule has 0 spiro atoms. The van der Waals surface area contributed by atoms with E-state index in [4.69, 9.17) is 9.57 Å². The van der Waals surface area contributed by atoms with Crippen molar-refractivity contribution < 1.29 is 38.3 Å². The minimum absolute atomic E-state index is 0.0342. The second-order valence-electron chi connectivity index (χ2n) is 10.4. The Kier molecular flexibility index (Phi) is 11.0. The lowest BCUT2D eigenvalue weighted by Gasteiger charge is -2.16. The van der Waals surface area contributed by atoms with Crippen LogP contribution in [0.15, 0.2) is 24.3 Å². The molecule has 222 valence electrons. The third kappa shape index (κ3) is 9.20. The molecule has 3 N–H and O–H groups in total. The summed E-state index contributed by atoms with van der Waals surface area (Å²) in [4.78, 5) is 75.6. The summed E-state index contributed by atoms with van der Waals surface area (Å²) >= 11 is 1.88. The van der Waals surface area contributed by atoms with Crippen LogP contribution in [0.1, 0.15) is 69.8 Å². The van der Waals surface area contributed by atoms with Gasteiger partial charge in [0, 0.05) is 43.2 Å². The van der Waals surface area contributed by atoms with Gasteiger partial charge in [-0.2, -0.15) is 11.8 Å². The van der Waals surface area contributed by atoms with Crippen molar-refractivity contribution in [2.75, 3.05) is 12.3 Å². The molecule has 3 fully saturated rings. The number of benzene rings is 1. The number of nitrogens with one attached hydrogen (secondary N) is 3. The van der Waals surface area contributed by atoms with E-state index in [9.17, 15) is 28.8 Å². The first-order chi connectivity index (χ1) is 19.8. The van der Waals surface area contributed by atoms with Crippen molar-refractivity contribution in [1.29, 1.82) is 0 Å². The van der Waals surface area contributed by atoms with Crippen LogP contribution in [-0.4, -0.2) is 70.4 Å². The van der Waals surface area contributed by atoms with Gasteiger partial charge in [-0.05, 0) is 43.4 Å². The van der Waals surface area contributed by atoms with Gasteiger partial charge in [-0.3, -0.25) is 19.2 Å². The van der Waals surface area contributed by atoms with Gasteiger partial charge < -0.3 is 25.5 Å². The molecule has 3 saturated heterocycles. The fourth-order valence-electron chi connectivity index (χ4n) is 4.98. The fourth-order valence-corrected chi connectivity index (χ4v) is 6.52. The van der Waals surface area contributed by atoms with E-state index >= 15 is 0 Å². The van der Waals surface area contributed by atoms with Crippen LogP contribution in [0.25, 0.3) is 0 Å². The van der Waals surface area contributed by atoms with Crippen molar-refractivity contribution in [3.05, 3.63) is 29.8 Å². The van der Waals surface area contributed by atoms with Crippen molar-refractivity contribution in [2.24, 2.45) is 0 Å². The Morgan fingerprint density at radius 3 is 2.39 bits per heavy atom. The van der Waals surface area contributed by atoms with Crippen LogP contribution >= 0.6 is 11.8 Å². The average molecular weight is 589 g/mol. The average Bonchev–Trinajstić information content (AvgIpc) is 3.59. The van der Waals surface area contributed by atoms with Gasteiger partial charge in [0.1, 0.15) is 5.75 Å². The van der Waals surface area contributed by atoms with E-state index in [0.717, 1.165) is 37.9 Å². The molecule has 0 saturated carbocycles. The number of hydroxylamine groups is 2. The maximum Gasteiger partial charge on any atom is 0.337 e. The Labute approximate surface area is 242 Å². The number of urea groups is 1. The van der Waals surface area contributed by atoms with Crippen LogP contribution in [0.5, 0.6) is 5.75 Å². The number of nitrogens with zero attached hydrogens (tertiary/aromatic N) is 1. The summed E-state index contributed by atoms with van der Waals surface area (Å²) in [7, 11) is 0. The van der Waals surface area contributed by atoms with Gasteiger partial charge in [-0.1, -0.05) is 25.0 Å². The predicted octanol–water partition coefficient (Wildman–Crippen LogP) is 2.14. The summed E-state index contributed by atoms with van der Waals surface area (Å²) in [6.45, 7) is 0.567. The molecule has 0 aliphatic carbocycles. The first kappa shape index (κ1) is 30.4. The minimum Gasteiger partial charge on any atom is -0.427 e. The zero-order chi connectivity index (χ0) is 29.2. The molecule has 3 unspecified atom stereocenters. The number of unbranched alkanes of at least 4 members (excludes halogenated alkanes) is 3. The van der Waals surface area contributed by atoms with E-state index in [1.54, 1.807) is 24.3 Å². The standard InChI is InChI=1S/C28H36N4O8S/c33-22(7-4-3-6-21-27-20(17-41-21)30-28(38)31-27)29-15-5-1-2-8-25(36)39-19-11-9-18(10-12-19)16-26(37)40-32-23(34)13-14-24(32)35/h9-12,20-21,27H,1-8,13-17H2,(H,29,33)(H2,30,31,38). The monoisotopic (exact) mass is 588 g/mol. The summed E-state index contributed by atoms with van der Waals surface area (Å²) in [5, 5.41) is 9.77. The van der Waals surface area contributed by atoms with Gasteiger partial charge in [0.05, 0.1) is 18.5 Å². The number of imide groups is 1. The number of fused-ring (bicyclic) bond motifs is 1. The lowest BCUT2D eigenvalue weighted by atomic mass is 10.0. The van der Waals surface area contributed by atoms with E-state index in [-0.39, 0.29) is 55.7 Å². The molecule has 41 heavy (non-hydrogen) atoms. The Morgan fingerprint density at radius 1 is 0.902 bits per heavy atom. The molecule has 3 aliphatic heterocycles. The molecule has 1 aromatic carbocycles. The number of ether oxygens (including phenoxy) is 1. The molecule has 0 aromatic heterocycles. The molecule has 3 aliphatic rings. The number of amides is 5. The number of thioether (sulfide) groups is 1. The van der Waals surface area contributed by atoms with Crippen LogP contribution in [0.2, 0.25) is 0 Å². The minimum atomic E-state index is -0.731. The van der Waals surface area contributed by atoms with Crippen LogP contribution in [0.3, 0.4) is 0 Å². The molecule has 4 rings (SSSR count). The van der Waals surface area contributed by atoms with Crippen LogP contribution in [0.4, 0.5) is 4.79 Å². The topological polar surface area (TPSA) is 160 Å². The van der Waals surface area contributed by atoms with Gasteiger partial charge in [0.25, 0.3) is 11.8 Å². The summed E-state index contributed by atoms with van der Waals surface area (Å²) in [5.41, 5.74) is 0.582. The number of rotatable bonds is 15. The highest BCUT2D eigenvalue weighted by atomic mass is 32.2. The highest BCUT2D eigenvalue weighted by molar-refractivity contribution is 8.00. The van der Waals surface area contributed by atoms with E-state index < -0.39 is 17.8 Å². The molecule has 1 aromatic rings. The Morgan fingerprint density at radius 2 is 1.63 bits per heavy atom. The van der Waals surface area contributed by atoms with Gasteiger partial charge in [0.15, 0.2) is 0 Å². The predicted molar refractivity (Wildman–Crippen MR) is 148 cm³/mol. The highest BCUT2D eigenvalue weighted by Gasteiger charge is 2.42. The Bertz CT molecular complexity index is 1130. The highest BCUT2D eigenvalue weighted by Crippen LogP contribution is 2.33.